The molecule has 1 aliphatic rings. The summed E-state index contributed by atoms with van der Waals surface area (Å²) in [4.78, 5) is 14.3. The molecule has 0 bridgehead atoms. The fraction of sp³-hybridized carbons (Fsp3) is 0.533. The lowest BCUT2D eigenvalue weighted by Crippen LogP contribution is -2.48. The van der Waals surface area contributed by atoms with Gasteiger partial charge >= 0.3 is 0 Å². The fourth-order valence-electron chi connectivity index (χ4n) is 2.46. The van der Waals surface area contributed by atoms with Crippen LogP contribution in [-0.4, -0.2) is 54.2 Å². The van der Waals surface area contributed by atoms with Crippen LogP contribution in [0.25, 0.3) is 0 Å². The molecule has 0 aromatic heterocycles. The highest BCUT2D eigenvalue weighted by molar-refractivity contribution is 9.10. The number of hydrogen-bond donors (Lipinski definition) is 1. The van der Waals surface area contributed by atoms with Gasteiger partial charge in [-0.05, 0) is 19.1 Å². The van der Waals surface area contributed by atoms with Gasteiger partial charge in [-0.1, -0.05) is 28.1 Å². The molecule has 2 atom stereocenters. The number of halogens is 1. The molecule has 20 heavy (non-hydrogen) atoms. The van der Waals surface area contributed by atoms with Crippen LogP contribution in [0.15, 0.2) is 28.7 Å². The van der Waals surface area contributed by atoms with E-state index in [4.69, 9.17) is 4.74 Å². The Bertz CT molecular complexity index is 449. The average molecular weight is 342 g/mol. The van der Waals surface area contributed by atoms with Gasteiger partial charge < -0.3 is 9.84 Å². The van der Waals surface area contributed by atoms with E-state index >= 15 is 0 Å². The number of morpholine rings is 1. The Morgan fingerprint density at radius 2 is 2.10 bits per heavy atom. The third-order valence-corrected chi connectivity index (χ3v) is 3.96. The van der Waals surface area contributed by atoms with Crippen molar-refractivity contribution in [1.82, 2.24) is 4.90 Å². The lowest BCUT2D eigenvalue weighted by Gasteiger charge is -2.35. The highest BCUT2D eigenvalue weighted by Crippen LogP contribution is 2.14. The van der Waals surface area contributed by atoms with Gasteiger partial charge in [0.25, 0.3) is 0 Å². The molecule has 1 aliphatic heterocycles. The Hall–Kier alpha value is -0.750. The Labute approximate surface area is 127 Å². The lowest BCUT2D eigenvalue weighted by atomic mass is 10.1. The van der Waals surface area contributed by atoms with E-state index in [0.717, 1.165) is 16.6 Å². The van der Waals surface area contributed by atoms with E-state index in [9.17, 15) is 9.90 Å². The third kappa shape index (κ3) is 4.38. The number of hydrogen-bond acceptors (Lipinski definition) is 4. The molecule has 110 valence electrons. The first-order valence-corrected chi connectivity index (χ1v) is 7.65. The number of ketones is 1. The summed E-state index contributed by atoms with van der Waals surface area (Å²) in [5.74, 6) is 0.150. The number of carbonyl (C=O) groups excluding carboxylic acids is 1. The molecule has 1 N–H and O–H groups in total. The summed E-state index contributed by atoms with van der Waals surface area (Å²) < 4.78 is 6.56. The molecule has 0 saturated carbocycles. The number of carbonyl (C=O) groups is 1. The zero-order chi connectivity index (χ0) is 14.5. The predicted octanol–water partition coefficient (Wildman–Crippen LogP) is 2.10. The van der Waals surface area contributed by atoms with Gasteiger partial charge in [-0.3, -0.25) is 9.69 Å². The molecule has 2 rings (SSSR count). The summed E-state index contributed by atoms with van der Waals surface area (Å²) in [5.41, 5.74) is 0.744. The fourth-order valence-corrected chi connectivity index (χ4v) is 2.73. The molecular formula is C15H20BrNO3. The topological polar surface area (TPSA) is 49.8 Å². The molecule has 4 nitrogen and oxygen atoms in total. The van der Waals surface area contributed by atoms with Crippen molar-refractivity contribution in [2.45, 2.75) is 25.6 Å². The Balaban J connectivity index is 1.85. The van der Waals surface area contributed by atoms with E-state index in [2.05, 4.69) is 20.8 Å². The zero-order valence-electron chi connectivity index (χ0n) is 11.6. The first kappa shape index (κ1) is 15.6. The summed E-state index contributed by atoms with van der Waals surface area (Å²) in [6, 6.07) is 7.44. The van der Waals surface area contributed by atoms with Crippen molar-refractivity contribution in [2.75, 3.05) is 26.2 Å². The van der Waals surface area contributed by atoms with Crippen molar-refractivity contribution < 1.29 is 14.6 Å². The number of aliphatic hydroxyl groups excluding tert-OH is 1. The maximum Gasteiger partial charge on any atom is 0.164 e. The van der Waals surface area contributed by atoms with Crippen LogP contribution < -0.4 is 0 Å². The third-order valence-electron chi connectivity index (χ3n) is 3.43. The van der Waals surface area contributed by atoms with Gasteiger partial charge in [0.1, 0.15) is 0 Å². The first-order chi connectivity index (χ1) is 9.58. The van der Waals surface area contributed by atoms with Crippen LogP contribution in [0.3, 0.4) is 0 Å². The highest BCUT2D eigenvalue weighted by atomic mass is 79.9. The lowest BCUT2D eigenvalue weighted by molar-refractivity contribution is -0.0947. The van der Waals surface area contributed by atoms with Crippen LogP contribution in [-0.2, 0) is 4.74 Å². The van der Waals surface area contributed by atoms with Crippen LogP contribution in [0, 0.1) is 0 Å². The van der Waals surface area contributed by atoms with Crippen LogP contribution in [0.5, 0.6) is 0 Å². The highest BCUT2D eigenvalue weighted by Gasteiger charge is 2.24. The normalized spacial score (nSPS) is 23.8. The maximum absolute atomic E-state index is 12.1. The number of Topliss-reactive ketones (excluding diaryl/α,β-unsaturated/α-hetero) is 1. The second-order valence-corrected chi connectivity index (χ2v) is 6.11. The van der Waals surface area contributed by atoms with Gasteiger partial charge in [0, 0.05) is 36.1 Å². The van der Waals surface area contributed by atoms with Crippen LogP contribution >= 0.6 is 15.9 Å². The second-order valence-electron chi connectivity index (χ2n) is 5.19. The first-order valence-electron chi connectivity index (χ1n) is 6.86. The van der Waals surface area contributed by atoms with E-state index in [1.54, 1.807) is 0 Å². The minimum Gasteiger partial charge on any atom is -0.394 e. The number of ether oxygens (including phenoxy) is 1. The van der Waals surface area contributed by atoms with Crippen molar-refractivity contribution in [3.63, 3.8) is 0 Å². The van der Waals surface area contributed by atoms with E-state index in [0.29, 0.717) is 19.5 Å². The van der Waals surface area contributed by atoms with E-state index < -0.39 is 0 Å². The standard InChI is InChI=1S/C15H20BrNO3/c1-11-8-17(9-14(10-18)20-11)7-6-15(19)12-2-4-13(16)5-3-12/h2-5,11,14,18H,6-10H2,1H3. The summed E-state index contributed by atoms with van der Waals surface area (Å²) in [6.45, 7) is 4.23. The van der Waals surface area contributed by atoms with Crippen molar-refractivity contribution in [3.05, 3.63) is 34.3 Å². The maximum atomic E-state index is 12.1. The number of benzene rings is 1. The molecule has 5 heteroatoms. The minimum atomic E-state index is -0.137. The van der Waals surface area contributed by atoms with E-state index in [1.165, 1.54) is 0 Å². The Morgan fingerprint density at radius 3 is 2.75 bits per heavy atom. The van der Waals surface area contributed by atoms with Gasteiger partial charge in [-0.15, -0.1) is 0 Å². The van der Waals surface area contributed by atoms with E-state index in [1.807, 2.05) is 31.2 Å². The zero-order valence-corrected chi connectivity index (χ0v) is 13.2. The quantitative estimate of drug-likeness (QED) is 0.833. The monoisotopic (exact) mass is 341 g/mol. The molecule has 1 aromatic carbocycles. The molecule has 1 saturated heterocycles. The Morgan fingerprint density at radius 1 is 1.40 bits per heavy atom. The predicted molar refractivity (Wildman–Crippen MR) is 81.0 cm³/mol. The van der Waals surface area contributed by atoms with Gasteiger partial charge in [-0.25, -0.2) is 0 Å². The molecule has 2 unspecified atom stereocenters. The largest absolute Gasteiger partial charge is 0.394 e. The number of aliphatic hydroxyl groups is 1. The van der Waals surface area contributed by atoms with Gasteiger partial charge in [0.15, 0.2) is 5.78 Å². The second kappa shape index (κ2) is 7.31. The SMILES string of the molecule is CC1CN(CCC(=O)c2ccc(Br)cc2)CC(CO)O1. The molecule has 0 spiro atoms. The van der Waals surface area contributed by atoms with Crippen molar-refractivity contribution >= 4 is 21.7 Å². The molecule has 1 fully saturated rings. The molecule has 0 amide bonds. The molecule has 1 heterocycles. The Kier molecular flexibility index (Phi) is 5.72. The number of nitrogens with zero attached hydrogens (tertiary/aromatic N) is 1. The smallest absolute Gasteiger partial charge is 0.164 e. The minimum absolute atomic E-state index is 0.0293. The average Bonchev–Trinajstić information content (AvgIpc) is 2.45. The van der Waals surface area contributed by atoms with Gasteiger partial charge in [-0.2, -0.15) is 0 Å². The van der Waals surface area contributed by atoms with E-state index in [-0.39, 0.29) is 24.6 Å². The number of rotatable bonds is 5. The molecule has 1 aromatic rings. The summed E-state index contributed by atoms with van der Waals surface area (Å²) >= 11 is 3.36. The molecule has 0 radical (unpaired) electrons. The van der Waals surface area contributed by atoms with Crippen molar-refractivity contribution in [2.24, 2.45) is 0 Å². The van der Waals surface area contributed by atoms with Crippen LogP contribution in [0.2, 0.25) is 0 Å². The van der Waals surface area contributed by atoms with Crippen LogP contribution in [0.4, 0.5) is 0 Å². The summed E-state index contributed by atoms with van der Waals surface area (Å²) in [7, 11) is 0. The van der Waals surface area contributed by atoms with Gasteiger partial charge in [0.05, 0.1) is 18.8 Å². The summed E-state index contributed by atoms with van der Waals surface area (Å²) in [5, 5.41) is 9.18. The molecule has 0 aliphatic carbocycles. The van der Waals surface area contributed by atoms with Crippen molar-refractivity contribution in [3.8, 4) is 0 Å². The summed E-state index contributed by atoms with van der Waals surface area (Å²) in [6.07, 6.45) is 0.456. The van der Waals surface area contributed by atoms with Crippen LogP contribution in [0.1, 0.15) is 23.7 Å². The molecular weight excluding hydrogens is 322 g/mol. The van der Waals surface area contributed by atoms with Crippen molar-refractivity contribution in [1.29, 1.82) is 0 Å². The van der Waals surface area contributed by atoms with Gasteiger partial charge in [0.2, 0.25) is 0 Å².